The lowest BCUT2D eigenvalue weighted by molar-refractivity contribution is -0.117. The van der Waals surface area contributed by atoms with E-state index < -0.39 is 0 Å². The summed E-state index contributed by atoms with van der Waals surface area (Å²) in [7, 11) is 4.07. The molecular formula is C20H25ClN2O. The van der Waals surface area contributed by atoms with Crippen LogP contribution in [0.25, 0.3) is 0 Å². The van der Waals surface area contributed by atoms with Crippen molar-refractivity contribution >= 4 is 24.0 Å². The minimum Gasteiger partial charge on any atom is -0.309 e. The molecule has 0 fully saturated rings. The maximum absolute atomic E-state index is 12.4. The summed E-state index contributed by atoms with van der Waals surface area (Å²) in [6.45, 7) is 2.97. The zero-order valence-electron chi connectivity index (χ0n) is 14.5. The summed E-state index contributed by atoms with van der Waals surface area (Å²) in [6.07, 6.45) is 0.339. The van der Waals surface area contributed by atoms with Gasteiger partial charge in [0.05, 0.1) is 12.1 Å². The molecule has 0 aliphatic rings. The van der Waals surface area contributed by atoms with E-state index in [-0.39, 0.29) is 24.2 Å². The van der Waals surface area contributed by atoms with E-state index in [0.29, 0.717) is 6.42 Å². The third-order valence-electron chi connectivity index (χ3n) is 3.62. The van der Waals surface area contributed by atoms with Crippen LogP contribution in [0.2, 0.25) is 0 Å². The van der Waals surface area contributed by atoms with Crippen LogP contribution in [0.15, 0.2) is 65.7 Å². The van der Waals surface area contributed by atoms with E-state index in [2.05, 4.69) is 16.8 Å². The van der Waals surface area contributed by atoms with Crippen LogP contribution in [0.5, 0.6) is 0 Å². The third kappa shape index (κ3) is 6.26. The fraction of sp³-hybridized carbons (Fsp3) is 0.300. The monoisotopic (exact) mass is 344 g/mol. The fourth-order valence-electron chi connectivity index (χ4n) is 2.65. The van der Waals surface area contributed by atoms with Gasteiger partial charge in [0.15, 0.2) is 0 Å². The van der Waals surface area contributed by atoms with Crippen molar-refractivity contribution in [2.45, 2.75) is 13.3 Å². The Balaban J connectivity index is 0.00000288. The highest BCUT2D eigenvalue weighted by Gasteiger charge is 2.16. The van der Waals surface area contributed by atoms with Gasteiger partial charge in [0.1, 0.15) is 0 Å². The smallest absolute Gasteiger partial charge is 0.250 e. The second-order valence-corrected chi connectivity index (χ2v) is 6.08. The lowest BCUT2D eigenvalue weighted by Crippen LogP contribution is -2.27. The molecular weight excluding hydrogens is 320 g/mol. The third-order valence-corrected chi connectivity index (χ3v) is 3.62. The van der Waals surface area contributed by atoms with Crippen molar-refractivity contribution in [3.8, 4) is 0 Å². The second-order valence-electron chi connectivity index (χ2n) is 6.08. The first kappa shape index (κ1) is 20.1. The summed E-state index contributed by atoms with van der Waals surface area (Å²) in [5.74, 6) is 0.0905. The fourth-order valence-corrected chi connectivity index (χ4v) is 2.65. The lowest BCUT2D eigenvalue weighted by Gasteiger charge is -2.19. The van der Waals surface area contributed by atoms with Crippen LogP contribution in [-0.2, 0) is 11.2 Å². The first-order valence-electron chi connectivity index (χ1n) is 7.91. The highest BCUT2D eigenvalue weighted by molar-refractivity contribution is 6.08. The van der Waals surface area contributed by atoms with Crippen LogP contribution in [-0.4, -0.2) is 37.2 Å². The second kappa shape index (κ2) is 10.0. The topological polar surface area (TPSA) is 32.7 Å². The van der Waals surface area contributed by atoms with Gasteiger partial charge in [-0.25, -0.2) is 4.99 Å². The molecule has 0 spiro atoms. The van der Waals surface area contributed by atoms with Crippen molar-refractivity contribution in [2.24, 2.45) is 10.9 Å². The van der Waals surface area contributed by atoms with E-state index in [1.807, 2.05) is 74.8 Å². The zero-order chi connectivity index (χ0) is 16.7. The predicted molar refractivity (Wildman–Crippen MR) is 103 cm³/mol. The Morgan fingerprint density at radius 2 is 1.54 bits per heavy atom. The molecule has 24 heavy (non-hydrogen) atoms. The molecule has 0 radical (unpaired) electrons. The van der Waals surface area contributed by atoms with Crippen molar-refractivity contribution in [3.05, 3.63) is 71.8 Å². The van der Waals surface area contributed by atoms with Crippen molar-refractivity contribution in [1.29, 1.82) is 0 Å². The predicted octanol–water partition coefficient (Wildman–Crippen LogP) is 3.86. The molecule has 2 rings (SSSR count). The molecule has 0 aromatic heterocycles. The van der Waals surface area contributed by atoms with Gasteiger partial charge in [0.2, 0.25) is 5.91 Å². The number of hydrogen-bond acceptors (Lipinski definition) is 2. The Morgan fingerprint density at radius 3 is 2.08 bits per heavy atom. The number of rotatable bonds is 6. The Kier molecular flexibility index (Phi) is 8.37. The van der Waals surface area contributed by atoms with Crippen molar-refractivity contribution in [2.75, 3.05) is 20.6 Å². The Bertz CT molecular complexity index is 654. The molecule has 2 aromatic rings. The van der Waals surface area contributed by atoms with Crippen molar-refractivity contribution in [3.63, 3.8) is 0 Å². The molecule has 0 saturated heterocycles. The van der Waals surface area contributed by atoms with Crippen LogP contribution < -0.4 is 0 Å². The Morgan fingerprint density at radius 1 is 1.00 bits per heavy atom. The summed E-state index contributed by atoms with van der Waals surface area (Å²) in [6, 6.07) is 19.7. The van der Waals surface area contributed by atoms with E-state index in [1.165, 1.54) is 0 Å². The molecule has 1 amide bonds. The summed E-state index contributed by atoms with van der Waals surface area (Å²) >= 11 is 0. The van der Waals surface area contributed by atoms with Crippen LogP contribution in [0.3, 0.4) is 0 Å². The van der Waals surface area contributed by atoms with Crippen LogP contribution in [0.4, 0.5) is 0 Å². The zero-order valence-corrected chi connectivity index (χ0v) is 15.3. The van der Waals surface area contributed by atoms with Gasteiger partial charge in [0, 0.05) is 12.5 Å². The number of benzene rings is 2. The Labute approximate surface area is 150 Å². The van der Waals surface area contributed by atoms with E-state index >= 15 is 0 Å². The van der Waals surface area contributed by atoms with Gasteiger partial charge in [-0.05, 0) is 25.2 Å². The number of amides is 1. The standard InChI is InChI=1S/C20H24N2O.ClH/c1-16(15-22(2)3)20(18-12-8-5-9-13-18)21-19(23)14-17-10-6-4-7-11-17;/h4-13,16H,14-15H2,1-3H3;1H. The Hall–Kier alpha value is -1.97. The molecule has 0 N–H and O–H groups in total. The summed E-state index contributed by atoms with van der Waals surface area (Å²) < 4.78 is 0. The van der Waals surface area contributed by atoms with Gasteiger partial charge < -0.3 is 4.90 Å². The molecule has 0 saturated carbocycles. The van der Waals surface area contributed by atoms with Crippen LogP contribution in [0, 0.1) is 5.92 Å². The summed E-state index contributed by atoms with van der Waals surface area (Å²) in [5.41, 5.74) is 2.87. The van der Waals surface area contributed by atoms with E-state index in [0.717, 1.165) is 23.4 Å². The summed E-state index contributed by atoms with van der Waals surface area (Å²) in [4.78, 5) is 18.9. The van der Waals surface area contributed by atoms with Crippen LogP contribution >= 0.6 is 12.4 Å². The molecule has 128 valence electrons. The number of hydrogen-bond donors (Lipinski definition) is 0. The van der Waals surface area contributed by atoms with Crippen molar-refractivity contribution < 1.29 is 4.79 Å². The molecule has 0 heterocycles. The lowest BCUT2D eigenvalue weighted by atomic mass is 9.97. The summed E-state index contributed by atoms with van der Waals surface area (Å²) in [5, 5.41) is 0. The minimum absolute atomic E-state index is 0. The number of aliphatic imine (C=N–C) groups is 1. The highest BCUT2D eigenvalue weighted by Crippen LogP contribution is 2.12. The largest absolute Gasteiger partial charge is 0.309 e. The molecule has 4 heteroatoms. The number of nitrogens with zero attached hydrogens (tertiary/aromatic N) is 2. The van der Waals surface area contributed by atoms with Gasteiger partial charge in [-0.1, -0.05) is 67.6 Å². The molecule has 1 unspecified atom stereocenters. The maximum atomic E-state index is 12.4. The van der Waals surface area contributed by atoms with Gasteiger partial charge in [0.25, 0.3) is 0 Å². The first-order valence-corrected chi connectivity index (χ1v) is 7.91. The van der Waals surface area contributed by atoms with Gasteiger partial charge in [-0.15, -0.1) is 12.4 Å². The molecule has 0 aliphatic carbocycles. The molecule has 0 bridgehead atoms. The minimum atomic E-state index is -0.0966. The van der Waals surface area contributed by atoms with Crippen molar-refractivity contribution in [1.82, 2.24) is 4.90 Å². The normalized spacial score (nSPS) is 12.6. The molecule has 3 nitrogen and oxygen atoms in total. The molecule has 2 aromatic carbocycles. The highest BCUT2D eigenvalue weighted by atomic mass is 35.5. The first-order chi connectivity index (χ1) is 11.1. The number of halogens is 1. The molecule has 0 aliphatic heterocycles. The quantitative estimate of drug-likeness (QED) is 0.745. The molecule has 1 atom stereocenters. The van der Waals surface area contributed by atoms with Gasteiger partial charge in [-0.2, -0.15) is 0 Å². The van der Waals surface area contributed by atoms with E-state index in [4.69, 9.17) is 0 Å². The number of carbonyl (C=O) groups is 1. The van der Waals surface area contributed by atoms with Crippen LogP contribution in [0.1, 0.15) is 18.1 Å². The van der Waals surface area contributed by atoms with Gasteiger partial charge in [-0.3, -0.25) is 4.79 Å². The maximum Gasteiger partial charge on any atom is 0.250 e. The average molecular weight is 345 g/mol. The average Bonchev–Trinajstić information content (AvgIpc) is 2.53. The van der Waals surface area contributed by atoms with E-state index in [9.17, 15) is 4.79 Å². The van der Waals surface area contributed by atoms with E-state index in [1.54, 1.807) is 0 Å². The number of carbonyl (C=O) groups excluding carboxylic acids is 1. The SMILES string of the molecule is CC(CN(C)C)C(=NC(=O)Cc1ccccc1)c1ccccc1.Cl. The van der Waals surface area contributed by atoms with Gasteiger partial charge >= 0.3 is 0 Å².